The van der Waals surface area contributed by atoms with Gasteiger partial charge in [-0.15, -0.1) is 0 Å². The number of pyridine rings is 1. The van der Waals surface area contributed by atoms with Crippen molar-refractivity contribution in [3.8, 4) is 0 Å². The molecule has 5 rings (SSSR count). The Labute approximate surface area is 235 Å². The molecular weight excluding hydrogens is 553 g/mol. The van der Waals surface area contributed by atoms with Crippen molar-refractivity contribution in [3.63, 3.8) is 0 Å². The summed E-state index contributed by atoms with van der Waals surface area (Å²) in [5.74, 6) is -1.63. The molecule has 0 saturated heterocycles. The summed E-state index contributed by atoms with van der Waals surface area (Å²) in [6, 6.07) is 14.4. The number of H-pyrrole nitrogens is 1. The van der Waals surface area contributed by atoms with E-state index in [4.69, 9.17) is 11.6 Å². The van der Waals surface area contributed by atoms with Crippen molar-refractivity contribution in [2.45, 2.75) is 36.6 Å². The van der Waals surface area contributed by atoms with Gasteiger partial charge in [0.1, 0.15) is 11.4 Å². The smallest absolute Gasteiger partial charge is 0.257 e. The summed E-state index contributed by atoms with van der Waals surface area (Å²) in [7, 11) is -4.32. The molecule has 0 saturated carbocycles. The minimum Gasteiger partial charge on any atom is -0.358 e. The van der Waals surface area contributed by atoms with Gasteiger partial charge in [-0.05, 0) is 72.5 Å². The second-order valence-corrected chi connectivity index (χ2v) is 12.4. The second-order valence-electron chi connectivity index (χ2n) is 9.75. The number of halogens is 2. The van der Waals surface area contributed by atoms with Crippen molar-refractivity contribution in [1.29, 1.82) is 0 Å². The number of amides is 1. The zero-order valence-electron chi connectivity index (χ0n) is 21.7. The third kappa shape index (κ3) is 4.98. The Morgan fingerprint density at radius 2 is 1.77 bits per heavy atom. The number of sulfone groups is 1. The lowest BCUT2D eigenvalue weighted by Gasteiger charge is -2.25. The standard InChI is InChI=1S/C30H25ClFN3O4S/c1-18-4-5-21(12-19(18)2)15-30(10-3-11-35-30)40(38,39)23-13-24-27(26(32)14-23)33-17-25(28(24)36)29(37)34-16-20-6-8-22(31)9-7-20/h3-14,17H,15-16H2,1-2H3,(H,33,36)(H,34,37). The maximum absolute atomic E-state index is 15.2. The zero-order valence-corrected chi connectivity index (χ0v) is 23.2. The van der Waals surface area contributed by atoms with Crippen LogP contribution in [-0.4, -0.2) is 30.4 Å². The molecule has 0 radical (unpaired) electrons. The van der Waals surface area contributed by atoms with Gasteiger partial charge in [-0.2, -0.15) is 0 Å². The minimum atomic E-state index is -4.32. The number of aromatic nitrogens is 1. The first kappa shape index (κ1) is 27.5. The highest BCUT2D eigenvalue weighted by Gasteiger charge is 2.44. The first-order chi connectivity index (χ1) is 19.0. The molecule has 2 N–H and O–H groups in total. The molecule has 0 bridgehead atoms. The number of nitrogens with zero attached hydrogens (tertiary/aromatic N) is 1. The van der Waals surface area contributed by atoms with E-state index >= 15 is 4.39 Å². The number of hydrogen-bond donors (Lipinski definition) is 2. The first-order valence-corrected chi connectivity index (χ1v) is 14.3. The molecule has 0 fully saturated rings. The number of aliphatic imine (C=N–C) groups is 1. The third-order valence-corrected chi connectivity index (χ3v) is 9.49. The molecule has 40 heavy (non-hydrogen) atoms. The third-order valence-electron chi connectivity index (χ3n) is 7.06. The topological polar surface area (TPSA) is 108 Å². The van der Waals surface area contributed by atoms with Crippen molar-refractivity contribution in [1.82, 2.24) is 10.3 Å². The van der Waals surface area contributed by atoms with E-state index in [1.807, 2.05) is 32.0 Å². The van der Waals surface area contributed by atoms with E-state index < -0.39 is 36.8 Å². The Hall–Kier alpha value is -4.08. The Morgan fingerprint density at radius 1 is 1.05 bits per heavy atom. The van der Waals surface area contributed by atoms with Gasteiger partial charge in [0.15, 0.2) is 4.87 Å². The molecule has 4 aromatic rings. The average molecular weight is 578 g/mol. The zero-order chi connectivity index (χ0) is 28.7. The van der Waals surface area contributed by atoms with Crippen LogP contribution in [0.4, 0.5) is 4.39 Å². The van der Waals surface area contributed by atoms with Crippen LogP contribution in [0.5, 0.6) is 0 Å². The number of aromatic amines is 1. The summed E-state index contributed by atoms with van der Waals surface area (Å²) in [5.41, 5.74) is 2.29. The number of rotatable bonds is 7. The maximum atomic E-state index is 15.2. The fraction of sp³-hybridized carbons (Fsp3) is 0.167. The highest BCUT2D eigenvalue weighted by Crippen LogP contribution is 2.36. The molecule has 10 heteroatoms. The highest BCUT2D eigenvalue weighted by molar-refractivity contribution is 7.93. The lowest BCUT2D eigenvalue weighted by atomic mass is 10.0. The molecule has 1 aliphatic rings. The van der Waals surface area contributed by atoms with Crippen LogP contribution in [0.3, 0.4) is 0 Å². The van der Waals surface area contributed by atoms with Crippen LogP contribution in [0, 0.1) is 19.7 Å². The second kappa shape index (κ2) is 10.5. The Kier molecular flexibility index (Phi) is 7.20. The van der Waals surface area contributed by atoms with Gasteiger partial charge in [0, 0.05) is 30.4 Å². The summed E-state index contributed by atoms with van der Waals surface area (Å²) in [5, 5.41) is 2.93. The number of hydrogen-bond acceptors (Lipinski definition) is 5. The predicted molar refractivity (Wildman–Crippen MR) is 154 cm³/mol. The molecule has 3 aromatic carbocycles. The lowest BCUT2D eigenvalue weighted by Crippen LogP contribution is -2.36. The van der Waals surface area contributed by atoms with Crippen LogP contribution in [0.15, 0.2) is 87.6 Å². The molecule has 1 aliphatic heterocycles. The lowest BCUT2D eigenvalue weighted by molar-refractivity contribution is 0.0949. The van der Waals surface area contributed by atoms with E-state index in [2.05, 4.69) is 15.3 Å². The summed E-state index contributed by atoms with van der Waals surface area (Å²) in [4.78, 5) is 31.0. The van der Waals surface area contributed by atoms with Crippen LogP contribution in [0.1, 0.15) is 32.6 Å². The molecule has 7 nitrogen and oxygen atoms in total. The molecule has 2 heterocycles. The van der Waals surface area contributed by atoms with Crippen LogP contribution in [0.2, 0.25) is 5.02 Å². The quantitative estimate of drug-likeness (QED) is 0.314. The summed E-state index contributed by atoms with van der Waals surface area (Å²) >= 11 is 5.89. The van der Waals surface area contributed by atoms with Gasteiger partial charge >= 0.3 is 0 Å². The summed E-state index contributed by atoms with van der Waals surface area (Å²) in [6.45, 7) is 4.02. The van der Waals surface area contributed by atoms with Gasteiger partial charge in [0.25, 0.3) is 5.91 Å². The first-order valence-electron chi connectivity index (χ1n) is 12.4. The fourth-order valence-electron chi connectivity index (χ4n) is 4.64. The number of carbonyl (C=O) groups excluding carboxylic acids is 1. The number of fused-ring (bicyclic) bond motifs is 1. The largest absolute Gasteiger partial charge is 0.358 e. The fourth-order valence-corrected chi connectivity index (χ4v) is 6.52. The monoisotopic (exact) mass is 577 g/mol. The number of benzene rings is 3. The van der Waals surface area contributed by atoms with Crippen LogP contribution in [-0.2, 0) is 22.8 Å². The van der Waals surface area contributed by atoms with Crippen molar-refractivity contribution in [3.05, 3.63) is 122 Å². The number of carbonyl (C=O) groups is 1. The van der Waals surface area contributed by atoms with Crippen molar-refractivity contribution in [2.75, 3.05) is 0 Å². The van der Waals surface area contributed by atoms with Gasteiger partial charge in [0.2, 0.25) is 15.3 Å². The Morgan fingerprint density at radius 3 is 2.45 bits per heavy atom. The average Bonchev–Trinajstić information content (AvgIpc) is 3.41. The normalized spacial score (nSPS) is 16.5. The summed E-state index contributed by atoms with van der Waals surface area (Å²) in [6.07, 6.45) is 5.53. The van der Waals surface area contributed by atoms with Gasteiger partial charge in [-0.3, -0.25) is 14.6 Å². The summed E-state index contributed by atoms with van der Waals surface area (Å²) < 4.78 is 43.2. The molecule has 0 spiro atoms. The molecule has 204 valence electrons. The minimum absolute atomic E-state index is 0.0204. The predicted octanol–water partition coefficient (Wildman–Crippen LogP) is 5.22. The molecular formula is C30H25ClFN3O4S. The maximum Gasteiger partial charge on any atom is 0.257 e. The van der Waals surface area contributed by atoms with E-state index in [1.54, 1.807) is 24.3 Å². The van der Waals surface area contributed by atoms with E-state index in [1.165, 1.54) is 18.4 Å². The van der Waals surface area contributed by atoms with Crippen molar-refractivity contribution >= 4 is 44.5 Å². The van der Waals surface area contributed by atoms with Crippen LogP contribution < -0.4 is 10.7 Å². The van der Waals surface area contributed by atoms with E-state index in [-0.39, 0.29) is 29.4 Å². The van der Waals surface area contributed by atoms with E-state index in [0.717, 1.165) is 40.6 Å². The number of allylic oxidation sites excluding steroid dienone is 1. The van der Waals surface area contributed by atoms with Crippen molar-refractivity contribution in [2.24, 2.45) is 4.99 Å². The Balaban J connectivity index is 1.52. The molecule has 1 amide bonds. The van der Waals surface area contributed by atoms with Gasteiger partial charge in [-0.1, -0.05) is 41.9 Å². The van der Waals surface area contributed by atoms with Crippen LogP contribution >= 0.6 is 11.6 Å². The van der Waals surface area contributed by atoms with E-state index in [0.29, 0.717) is 5.02 Å². The number of nitrogens with one attached hydrogen (secondary N) is 2. The highest BCUT2D eigenvalue weighted by atomic mass is 35.5. The van der Waals surface area contributed by atoms with Gasteiger partial charge in [-0.25, -0.2) is 12.8 Å². The molecule has 0 aliphatic carbocycles. The molecule has 1 aromatic heterocycles. The SMILES string of the molecule is Cc1ccc(CC2(S(=O)(=O)c3cc(F)c4[nH]cc(C(=O)NCc5ccc(Cl)cc5)c(=O)c4c3)C=CC=N2)cc1C. The molecule has 1 atom stereocenters. The van der Waals surface area contributed by atoms with E-state index in [9.17, 15) is 18.0 Å². The molecule has 1 unspecified atom stereocenters. The Bertz CT molecular complexity index is 1870. The number of aryl methyl sites for hydroxylation is 2. The van der Waals surface area contributed by atoms with Gasteiger partial charge in [0.05, 0.1) is 15.8 Å². The van der Waals surface area contributed by atoms with Gasteiger partial charge < -0.3 is 10.3 Å². The van der Waals surface area contributed by atoms with Crippen molar-refractivity contribution < 1.29 is 17.6 Å². The van der Waals surface area contributed by atoms with Crippen LogP contribution in [0.25, 0.3) is 10.9 Å².